The zero-order valence-electron chi connectivity index (χ0n) is 30.8. The maximum absolute atomic E-state index is 14.9. The topological polar surface area (TPSA) is 132 Å². The predicted octanol–water partition coefficient (Wildman–Crippen LogP) is 7.98. The van der Waals surface area contributed by atoms with E-state index in [0.717, 1.165) is 15.4 Å². The van der Waals surface area contributed by atoms with E-state index < -0.39 is 54.9 Å². The van der Waals surface area contributed by atoms with Crippen molar-refractivity contribution in [1.82, 2.24) is 15.5 Å². The number of amides is 3. The molecule has 3 unspecified atom stereocenters. The van der Waals surface area contributed by atoms with Gasteiger partial charge in [0.05, 0.1) is 12.2 Å². The first kappa shape index (κ1) is 41.1. The number of nitrogens with zero attached hydrogens (tertiary/aromatic N) is 1. The highest BCUT2D eigenvalue weighted by Crippen LogP contribution is 2.54. The molecule has 1 fully saturated rings. The fourth-order valence-corrected chi connectivity index (χ4v) is 8.40. The molecule has 52 heavy (non-hydrogen) atoms. The Balaban J connectivity index is 1.55. The van der Waals surface area contributed by atoms with E-state index in [1.54, 1.807) is 47.8 Å². The molecule has 282 valence electrons. The summed E-state index contributed by atoms with van der Waals surface area (Å²) >= 11 is 3.13. The maximum Gasteiger partial charge on any atom is 0.453 e. The molecule has 0 aromatic heterocycles. The van der Waals surface area contributed by atoms with Crippen LogP contribution in [0.3, 0.4) is 0 Å². The molecule has 0 radical (unpaired) electrons. The molecular weight excluding hydrogens is 722 g/mol. The lowest BCUT2D eigenvalue weighted by Gasteiger charge is -2.33. The summed E-state index contributed by atoms with van der Waals surface area (Å²) in [5, 5.41) is 5.60. The average molecular weight is 772 g/mol. The van der Waals surface area contributed by atoms with Crippen molar-refractivity contribution < 1.29 is 37.5 Å². The molecule has 11 nitrogen and oxygen atoms in total. The van der Waals surface area contributed by atoms with Gasteiger partial charge in [-0.25, -0.2) is 9.36 Å². The number of benzene rings is 3. The second-order valence-corrected chi connectivity index (χ2v) is 17.4. The van der Waals surface area contributed by atoms with Crippen molar-refractivity contribution in [2.45, 2.75) is 87.3 Å². The van der Waals surface area contributed by atoms with Crippen LogP contribution in [0.4, 0.5) is 4.79 Å². The van der Waals surface area contributed by atoms with Crippen LogP contribution >= 0.6 is 31.1 Å². The number of hydrogen-bond donors (Lipinski definition) is 2. The SMILES string of the molecule is CSc1ccc(OP(=O)(Oc2ccc(SC)cc2)C(NC(=O)C2CCCN2C(=O)C(COC(C)(C)C)NC(=O)OCc2ccccc2)C(C)C)cc1. The zero-order chi connectivity index (χ0) is 37.9. The van der Waals surface area contributed by atoms with Gasteiger partial charge in [-0.15, -0.1) is 23.5 Å². The Labute approximate surface area is 315 Å². The summed E-state index contributed by atoms with van der Waals surface area (Å²) in [4.78, 5) is 44.5. The minimum absolute atomic E-state index is 0.0205. The molecule has 14 heteroatoms. The summed E-state index contributed by atoms with van der Waals surface area (Å²) in [7, 11) is -4.16. The number of carbonyl (C=O) groups is 3. The lowest BCUT2D eigenvalue weighted by Crippen LogP contribution is -2.56. The quantitative estimate of drug-likeness (QED) is 0.109. The van der Waals surface area contributed by atoms with E-state index in [4.69, 9.17) is 18.5 Å². The average Bonchev–Trinajstić information content (AvgIpc) is 3.62. The summed E-state index contributed by atoms with van der Waals surface area (Å²) < 4.78 is 38.6. The molecule has 1 heterocycles. The fraction of sp³-hybridized carbons (Fsp3) is 0.447. The van der Waals surface area contributed by atoms with Crippen LogP contribution in [0.5, 0.6) is 11.5 Å². The van der Waals surface area contributed by atoms with E-state index in [1.807, 2.05) is 102 Å². The molecule has 0 aliphatic carbocycles. The molecule has 0 saturated carbocycles. The van der Waals surface area contributed by atoms with Crippen LogP contribution in [-0.2, 0) is 30.2 Å². The molecule has 0 spiro atoms. The molecule has 0 bridgehead atoms. The molecule has 2 N–H and O–H groups in total. The van der Waals surface area contributed by atoms with Crippen LogP contribution in [-0.4, -0.2) is 71.9 Å². The highest BCUT2D eigenvalue weighted by atomic mass is 32.2. The Kier molecular flexibility index (Phi) is 15.0. The van der Waals surface area contributed by atoms with E-state index >= 15 is 0 Å². The van der Waals surface area contributed by atoms with Crippen molar-refractivity contribution in [2.24, 2.45) is 5.92 Å². The second kappa shape index (κ2) is 18.9. The van der Waals surface area contributed by atoms with Gasteiger partial charge in [-0.05, 0) is 106 Å². The Hall–Kier alpha value is -3.64. The van der Waals surface area contributed by atoms with Gasteiger partial charge in [0.1, 0.15) is 30.2 Å². The van der Waals surface area contributed by atoms with E-state index in [9.17, 15) is 18.9 Å². The lowest BCUT2D eigenvalue weighted by atomic mass is 10.1. The number of hydrogen-bond acceptors (Lipinski definition) is 10. The standard InChI is InChI=1S/C38H50N3O8PS2/c1-26(2)35(50(45,48-28-15-19-30(51-6)20-16-28)49-29-17-21-31(52-7)22-18-29)40-34(42)33-14-11-23-41(33)36(43)32(25-47-38(3,4)5)39-37(44)46-24-27-12-9-8-10-13-27/h8-10,12-13,15-22,26,32-33,35H,11,14,23-25H2,1-7H3,(H,39,44)(H,40,42). The Morgan fingerprint density at radius 2 is 1.42 bits per heavy atom. The van der Waals surface area contributed by atoms with Crippen molar-refractivity contribution in [3.8, 4) is 11.5 Å². The minimum Gasteiger partial charge on any atom is -0.445 e. The van der Waals surface area contributed by atoms with Gasteiger partial charge in [-0.2, -0.15) is 0 Å². The Bertz CT molecular complexity index is 1620. The lowest BCUT2D eigenvalue weighted by molar-refractivity contribution is -0.142. The monoisotopic (exact) mass is 771 g/mol. The molecule has 3 atom stereocenters. The number of likely N-dealkylation sites (tertiary alicyclic amines) is 1. The molecule has 1 aliphatic rings. The molecule has 3 aromatic rings. The van der Waals surface area contributed by atoms with Crippen molar-refractivity contribution in [1.29, 1.82) is 0 Å². The summed E-state index contributed by atoms with van der Waals surface area (Å²) in [6.45, 7) is 9.34. The molecule has 3 amide bonds. The summed E-state index contributed by atoms with van der Waals surface area (Å²) in [5.74, 6) is -1.82. The first-order valence-electron chi connectivity index (χ1n) is 17.2. The van der Waals surface area contributed by atoms with Crippen LogP contribution < -0.4 is 19.7 Å². The van der Waals surface area contributed by atoms with Gasteiger partial charge in [0.15, 0.2) is 5.78 Å². The van der Waals surface area contributed by atoms with Crippen LogP contribution in [0.25, 0.3) is 0 Å². The van der Waals surface area contributed by atoms with Crippen molar-refractivity contribution in [3.63, 3.8) is 0 Å². The molecular formula is C38H50N3O8PS2. The third-order valence-electron chi connectivity index (χ3n) is 8.17. The number of nitrogens with one attached hydrogen (secondary N) is 2. The van der Waals surface area contributed by atoms with Gasteiger partial charge in [0.2, 0.25) is 11.8 Å². The van der Waals surface area contributed by atoms with Crippen LogP contribution in [0.1, 0.15) is 53.0 Å². The van der Waals surface area contributed by atoms with Gasteiger partial charge in [-0.3, -0.25) is 9.59 Å². The van der Waals surface area contributed by atoms with Crippen LogP contribution in [0.2, 0.25) is 0 Å². The minimum atomic E-state index is -4.16. The number of ether oxygens (including phenoxy) is 2. The number of rotatable bonds is 16. The van der Waals surface area contributed by atoms with Gasteiger partial charge in [0.25, 0.3) is 0 Å². The summed E-state index contributed by atoms with van der Waals surface area (Å²) in [6.07, 6.45) is 4.04. The Morgan fingerprint density at radius 3 is 1.92 bits per heavy atom. The summed E-state index contributed by atoms with van der Waals surface area (Å²) in [6, 6.07) is 21.5. The number of thioether (sulfide) groups is 2. The largest absolute Gasteiger partial charge is 0.453 e. The molecule has 1 aliphatic heterocycles. The highest BCUT2D eigenvalue weighted by molar-refractivity contribution is 7.98. The van der Waals surface area contributed by atoms with Gasteiger partial charge < -0.3 is 34.1 Å². The zero-order valence-corrected chi connectivity index (χ0v) is 33.4. The van der Waals surface area contributed by atoms with E-state index in [1.165, 1.54) is 4.90 Å². The fourth-order valence-electron chi connectivity index (χ4n) is 5.47. The molecule has 3 aromatic carbocycles. The van der Waals surface area contributed by atoms with Gasteiger partial charge >= 0.3 is 13.7 Å². The van der Waals surface area contributed by atoms with Crippen molar-refractivity contribution >= 4 is 49.0 Å². The van der Waals surface area contributed by atoms with E-state index in [2.05, 4.69) is 10.6 Å². The third-order valence-corrected chi connectivity index (χ3v) is 12.0. The first-order valence-corrected chi connectivity index (χ1v) is 21.3. The van der Waals surface area contributed by atoms with E-state index in [0.29, 0.717) is 24.3 Å². The van der Waals surface area contributed by atoms with Crippen molar-refractivity contribution in [3.05, 3.63) is 84.4 Å². The van der Waals surface area contributed by atoms with E-state index in [-0.39, 0.29) is 19.8 Å². The Morgan fingerprint density at radius 1 is 0.865 bits per heavy atom. The first-order chi connectivity index (χ1) is 24.7. The third kappa shape index (κ3) is 11.9. The maximum atomic E-state index is 14.9. The molecule has 4 rings (SSSR count). The van der Waals surface area contributed by atoms with Crippen LogP contribution in [0, 0.1) is 5.92 Å². The smallest absolute Gasteiger partial charge is 0.445 e. The van der Waals surface area contributed by atoms with Crippen molar-refractivity contribution in [2.75, 3.05) is 25.7 Å². The second-order valence-electron chi connectivity index (χ2n) is 13.6. The number of alkyl carbamates (subject to hydrolysis) is 1. The summed E-state index contributed by atoms with van der Waals surface area (Å²) in [5.41, 5.74) is 0.189. The van der Waals surface area contributed by atoms with Crippen LogP contribution in [0.15, 0.2) is 88.7 Å². The molecule has 1 saturated heterocycles. The van der Waals surface area contributed by atoms with Gasteiger partial charge in [0, 0.05) is 16.3 Å². The highest BCUT2D eigenvalue weighted by Gasteiger charge is 2.46. The number of carbonyl (C=O) groups excluding carboxylic acids is 3. The normalized spacial score (nSPS) is 15.8. The predicted molar refractivity (Wildman–Crippen MR) is 206 cm³/mol. The van der Waals surface area contributed by atoms with Gasteiger partial charge in [-0.1, -0.05) is 44.2 Å².